The summed E-state index contributed by atoms with van der Waals surface area (Å²) in [6.45, 7) is 4.00. The number of aliphatic hydroxyl groups excluding tert-OH is 1. The van der Waals surface area contributed by atoms with Gasteiger partial charge in [-0.25, -0.2) is 0 Å². The lowest BCUT2D eigenvalue weighted by atomic mass is 10.0. The highest BCUT2D eigenvalue weighted by Crippen LogP contribution is 2.24. The average molecular weight is 224 g/mol. The third-order valence-electron chi connectivity index (χ3n) is 2.66. The molecule has 1 saturated heterocycles. The normalized spacial score (nSPS) is 31.2. The molecule has 0 bridgehead atoms. The van der Waals surface area contributed by atoms with Crippen molar-refractivity contribution in [3.63, 3.8) is 0 Å². The van der Waals surface area contributed by atoms with Gasteiger partial charge in [0.2, 0.25) is 0 Å². The Hall–Kier alpha value is 0.240. The summed E-state index contributed by atoms with van der Waals surface area (Å²) >= 11 is 11.3. The van der Waals surface area contributed by atoms with Crippen LogP contribution in [0, 0.1) is 5.92 Å². The molecule has 2 nitrogen and oxygen atoms in total. The topological polar surface area (TPSA) is 23.5 Å². The Morgan fingerprint density at radius 1 is 1.69 bits per heavy atom. The van der Waals surface area contributed by atoms with Gasteiger partial charge in [-0.15, -0.1) is 0 Å². The molecular weight excluding hydrogens is 209 g/mol. The van der Waals surface area contributed by atoms with Gasteiger partial charge in [-0.2, -0.15) is 0 Å². The lowest BCUT2D eigenvalue weighted by molar-refractivity contribution is 0.148. The number of hydrogen-bond donors (Lipinski definition) is 1. The van der Waals surface area contributed by atoms with E-state index in [1.807, 2.05) is 0 Å². The van der Waals surface area contributed by atoms with Crippen LogP contribution in [0.15, 0.2) is 10.6 Å². The summed E-state index contributed by atoms with van der Waals surface area (Å²) in [7, 11) is 0. The maximum atomic E-state index is 9.16. The minimum absolute atomic E-state index is 0.202. The number of rotatable bonds is 3. The van der Waals surface area contributed by atoms with E-state index >= 15 is 0 Å². The third-order valence-corrected chi connectivity index (χ3v) is 3.26. The van der Waals surface area contributed by atoms with Gasteiger partial charge in [-0.1, -0.05) is 30.1 Å². The van der Waals surface area contributed by atoms with E-state index in [9.17, 15) is 0 Å². The van der Waals surface area contributed by atoms with Crippen LogP contribution in [0.4, 0.5) is 0 Å². The molecule has 0 aromatic heterocycles. The highest BCUT2D eigenvalue weighted by molar-refractivity contribution is 6.36. The molecule has 0 aliphatic carbocycles. The molecule has 2 atom stereocenters. The van der Waals surface area contributed by atoms with Crippen molar-refractivity contribution in [2.45, 2.75) is 19.4 Å². The first-order valence-electron chi connectivity index (χ1n) is 4.48. The summed E-state index contributed by atoms with van der Waals surface area (Å²) in [6.07, 6.45) is 1.12. The summed E-state index contributed by atoms with van der Waals surface area (Å²) < 4.78 is 0. The van der Waals surface area contributed by atoms with Crippen LogP contribution < -0.4 is 0 Å². The quantitative estimate of drug-likeness (QED) is 0.792. The largest absolute Gasteiger partial charge is 0.395 e. The average Bonchev–Trinajstić information content (AvgIpc) is 2.46. The van der Waals surface area contributed by atoms with E-state index in [2.05, 4.69) is 11.8 Å². The molecule has 1 aliphatic heterocycles. The monoisotopic (exact) mass is 223 g/mol. The molecule has 1 N–H and O–H groups in total. The summed E-state index contributed by atoms with van der Waals surface area (Å²) in [6, 6.07) is 0.241. The lowest BCUT2D eigenvalue weighted by Crippen LogP contribution is -2.35. The number of halogens is 2. The molecule has 1 fully saturated rings. The first kappa shape index (κ1) is 11.3. The molecule has 4 heteroatoms. The van der Waals surface area contributed by atoms with Crippen LogP contribution >= 0.6 is 23.2 Å². The third kappa shape index (κ3) is 2.84. The molecule has 1 heterocycles. The van der Waals surface area contributed by atoms with E-state index in [4.69, 9.17) is 28.3 Å². The van der Waals surface area contributed by atoms with E-state index < -0.39 is 0 Å². The molecule has 13 heavy (non-hydrogen) atoms. The van der Waals surface area contributed by atoms with Gasteiger partial charge in [0.1, 0.15) is 0 Å². The molecule has 0 aromatic carbocycles. The summed E-state index contributed by atoms with van der Waals surface area (Å²) in [5.41, 5.74) is 1.39. The van der Waals surface area contributed by atoms with Crippen LogP contribution in [0.3, 0.4) is 0 Å². The van der Waals surface area contributed by atoms with Gasteiger partial charge in [-0.05, 0) is 18.9 Å². The van der Waals surface area contributed by atoms with Gasteiger partial charge >= 0.3 is 0 Å². The standard InChI is InChI=1S/C9H15Cl2NO/c1-7-2-3-12(9(7)6-13)5-8(11)4-10/h4,7,9,13H,2-3,5-6H2,1H3. The minimum atomic E-state index is 0.202. The van der Waals surface area contributed by atoms with Crippen molar-refractivity contribution in [2.24, 2.45) is 5.92 Å². The number of nitrogens with zero attached hydrogens (tertiary/aromatic N) is 1. The van der Waals surface area contributed by atoms with E-state index in [0.717, 1.165) is 13.0 Å². The number of hydrogen-bond acceptors (Lipinski definition) is 2. The van der Waals surface area contributed by atoms with Gasteiger partial charge in [0, 0.05) is 23.2 Å². The second-order valence-electron chi connectivity index (χ2n) is 3.54. The fourth-order valence-electron chi connectivity index (χ4n) is 1.81. The molecular formula is C9H15Cl2NO. The second-order valence-corrected chi connectivity index (χ2v) is 4.25. The minimum Gasteiger partial charge on any atom is -0.395 e. The molecule has 0 aromatic rings. The molecule has 0 amide bonds. The molecule has 76 valence electrons. The predicted octanol–water partition coefficient (Wildman–Crippen LogP) is 2.01. The van der Waals surface area contributed by atoms with Crippen molar-refractivity contribution < 1.29 is 5.11 Å². The Kier molecular flexibility index (Phi) is 4.53. The van der Waals surface area contributed by atoms with Crippen LogP contribution in [0.25, 0.3) is 0 Å². The van der Waals surface area contributed by atoms with E-state index in [-0.39, 0.29) is 12.6 Å². The maximum Gasteiger partial charge on any atom is 0.0589 e. The van der Waals surface area contributed by atoms with Crippen LogP contribution in [0.5, 0.6) is 0 Å². The first-order chi connectivity index (χ1) is 6.19. The number of likely N-dealkylation sites (tertiary alicyclic amines) is 1. The maximum absolute atomic E-state index is 9.16. The Morgan fingerprint density at radius 2 is 2.38 bits per heavy atom. The number of aliphatic hydroxyl groups is 1. The zero-order valence-electron chi connectivity index (χ0n) is 7.71. The van der Waals surface area contributed by atoms with Crippen molar-refractivity contribution in [1.82, 2.24) is 4.90 Å². The fraction of sp³-hybridized carbons (Fsp3) is 0.778. The molecule has 0 saturated carbocycles. The molecule has 2 unspecified atom stereocenters. The van der Waals surface area contributed by atoms with Gasteiger partial charge in [0.05, 0.1) is 6.61 Å². The predicted molar refractivity (Wildman–Crippen MR) is 56.0 cm³/mol. The Morgan fingerprint density at radius 3 is 2.92 bits per heavy atom. The Labute approximate surface area is 89.1 Å². The highest BCUT2D eigenvalue weighted by atomic mass is 35.5. The molecule has 1 rings (SSSR count). The van der Waals surface area contributed by atoms with Gasteiger partial charge in [-0.3, -0.25) is 4.90 Å². The van der Waals surface area contributed by atoms with Gasteiger partial charge in [0.25, 0.3) is 0 Å². The van der Waals surface area contributed by atoms with Crippen LogP contribution in [-0.4, -0.2) is 35.7 Å². The fourth-order valence-corrected chi connectivity index (χ4v) is 2.03. The molecule has 0 radical (unpaired) electrons. The SMILES string of the molecule is CC1CCN(CC(Cl)=CCl)C1CO. The van der Waals surface area contributed by atoms with Crippen molar-refractivity contribution in [2.75, 3.05) is 19.7 Å². The summed E-state index contributed by atoms with van der Waals surface area (Å²) in [5, 5.41) is 9.79. The smallest absolute Gasteiger partial charge is 0.0589 e. The lowest BCUT2D eigenvalue weighted by Gasteiger charge is -2.24. The summed E-state index contributed by atoms with van der Waals surface area (Å²) in [5.74, 6) is 0.546. The van der Waals surface area contributed by atoms with Gasteiger partial charge in [0.15, 0.2) is 0 Å². The van der Waals surface area contributed by atoms with Crippen molar-refractivity contribution in [1.29, 1.82) is 0 Å². The Bertz CT molecular complexity index is 196. The van der Waals surface area contributed by atoms with E-state index in [1.165, 1.54) is 5.54 Å². The molecule has 0 spiro atoms. The first-order valence-corrected chi connectivity index (χ1v) is 5.30. The summed E-state index contributed by atoms with van der Waals surface area (Å²) in [4.78, 5) is 2.17. The van der Waals surface area contributed by atoms with E-state index in [1.54, 1.807) is 0 Å². The van der Waals surface area contributed by atoms with Crippen LogP contribution in [0.1, 0.15) is 13.3 Å². The zero-order chi connectivity index (χ0) is 9.84. The Balaban J connectivity index is 2.50. The van der Waals surface area contributed by atoms with Crippen LogP contribution in [-0.2, 0) is 0 Å². The highest BCUT2D eigenvalue weighted by Gasteiger charge is 2.30. The van der Waals surface area contributed by atoms with Crippen molar-refractivity contribution in [3.05, 3.63) is 10.6 Å². The van der Waals surface area contributed by atoms with Crippen LogP contribution in [0.2, 0.25) is 0 Å². The van der Waals surface area contributed by atoms with Crippen molar-refractivity contribution in [3.8, 4) is 0 Å². The zero-order valence-corrected chi connectivity index (χ0v) is 9.22. The second kappa shape index (κ2) is 5.20. The van der Waals surface area contributed by atoms with Crippen molar-refractivity contribution >= 4 is 23.2 Å². The molecule has 1 aliphatic rings. The van der Waals surface area contributed by atoms with E-state index in [0.29, 0.717) is 17.5 Å². The van der Waals surface area contributed by atoms with Gasteiger partial charge < -0.3 is 5.11 Å².